The molecule has 1 amide bonds. The number of carbonyl (C=O) groups is 2. The van der Waals surface area contributed by atoms with Crippen molar-refractivity contribution in [3.05, 3.63) is 29.6 Å². The first kappa shape index (κ1) is 13.0. The number of esters is 1. The Bertz CT molecular complexity index is 448. The Hall–Kier alpha value is -2.11. The minimum absolute atomic E-state index is 0.0172. The van der Waals surface area contributed by atoms with E-state index in [9.17, 15) is 14.0 Å². The van der Waals surface area contributed by atoms with Crippen LogP contribution >= 0.6 is 0 Å². The molecule has 17 heavy (non-hydrogen) atoms. The zero-order valence-electron chi connectivity index (χ0n) is 9.27. The Morgan fingerprint density at radius 3 is 2.59 bits per heavy atom. The van der Waals surface area contributed by atoms with Crippen molar-refractivity contribution in [3.8, 4) is 0 Å². The Morgan fingerprint density at radius 1 is 1.47 bits per heavy atom. The average Bonchev–Trinajstić information content (AvgIpc) is 2.28. The number of halogens is 1. The Morgan fingerprint density at radius 2 is 2.12 bits per heavy atom. The van der Waals surface area contributed by atoms with E-state index < -0.39 is 23.8 Å². The van der Waals surface area contributed by atoms with Crippen LogP contribution in [0.5, 0.6) is 0 Å². The van der Waals surface area contributed by atoms with Crippen molar-refractivity contribution in [2.45, 2.75) is 19.4 Å². The summed E-state index contributed by atoms with van der Waals surface area (Å²) in [4.78, 5) is 22.4. The lowest BCUT2D eigenvalue weighted by atomic mass is 10.2. The van der Waals surface area contributed by atoms with E-state index in [4.69, 9.17) is 16.2 Å². The van der Waals surface area contributed by atoms with Crippen LogP contribution in [-0.4, -0.2) is 18.0 Å². The molecule has 1 aromatic rings. The fraction of sp³-hybridized carbons (Fsp3) is 0.273. The second-order valence-corrected chi connectivity index (χ2v) is 3.44. The predicted octanol–water partition coefficient (Wildman–Crippen LogP) is 0.829. The quantitative estimate of drug-likeness (QED) is 0.601. The second kappa shape index (κ2) is 5.29. The molecule has 1 unspecified atom stereocenters. The van der Waals surface area contributed by atoms with Crippen molar-refractivity contribution >= 4 is 17.6 Å². The van der Waals surface area contributed by atoms with Crippen LogP contribution in [0.15, 0.2) is 18.2 Å². The molecular formula is C11H13FN2O3. The molecule has 0 saturated heterocycles. The summed E-state index contributed by atoms with van der Waals surface area (Å²) < 4.78 is 17.9. The summed E-state index contributed by atoms with van der Waals surface area (Å²) in [7, 11) is 0. The molecule has 0 bridgehead atoms. The minimum atomic E-state index is -1.01. The van der Waals surface area contributed by atoms with Crippen LogP contribution < -0.4 is 11.5 Å². The molecule has 0 aromatic heterocycles. The van der Waals surface area contributed by atoms with Crippen LogP contribution in [-0.2, 0) is 9.53 Å². The average molecular weight is 240 g/mol. The molecule has 1 rings (SSSR count). The molecule has 0 aliphatic carbocycles. The van der Waals surface area contributed by atoms with Crippen molar-refractivity contribution in [1.82, 2.24) is 0 Å². The Balaban J connectivity index is 2.82. The SMILES string of the molecule is CCC(OC(=O)c1ccc(N)c(F)c1)C(N)=O. The number of hydrogen-bond acceptors (Lipinski definition) is 4. The molecule has 0 spiro atoms. The van der Waals surface area contributed by atoms with Gasteiger partial charge in [-0.05, 0) is 24.6 Å². The zero-order valence-corrected chi connectivity index (χ0v) is 9.27. The van der Waals surface area contributed by atoms with Gasteiger partial charge in [-0.2, -0.15) is 0 Å². The van der Waals surface area contributed by atoms with Gasteiger partial charge in [0.25, 0.3) is 5.91 Å². The number of rotatable bonds is 4. The molecule has 1 atom stereocenters. The van der Waals surface area contributed by atoms with Gasteiger partial charge in [0.05, 0.1) is 11.3 Å². The third-order valence-electron chi connectivity index (χ3n) is 2.17. The van der Waals surface area contributed by atoms with Gasteiger partial charge in [-0.1, -0.05) is 6.92 Å². The maximum atomic E-state index is 13.1. The van der Waals surface area contributed by atoms with E-state index in [0.717, 1.165) is 6.07 Å². The van der Waals surface area contributed by atoms with Gasteiger partial charge in [0.1, 0.15) is 5.82 Å². The molecule has 92 valence electrons. The maximum absolute atomic E-state index is 13.1. The monoisotopic (exact) mass is 240 g/mol. The highest BCUT2D eigenvalue weighted by molar-refractivity contribution is 5.92. The summed E-state index contributed by atoms with van der Waals surface area (Å²) in [5, 5.41) is 0. The summed E-state index contributed by atoms with van der Waals surface area (Å²) in [5.74, 6) is -2.27. The molecule has 0 fully saturated rings. The molecule has 0 radical (unpaired) electrons. The Kier molecular flexibility index (Phi) is 4.03. The normalized spacial score (nSPS) is 11.9. The summed E-state index contributed by atoms with van der Waals surface area (Å²) in [5.41, 5.74) is 10.2. The number of nitrogens with two attached hydrogens (primary N) is 2. The highest BCUT2D eigenvalue weighted by Crippen LogP contribution is 2.13. The van der Waals surface area contributed by atoms with Crippen molar-refractivity contribution in [1.29, 1.82) is 0 Å². The lowest BCUT2D eigenvalue weighted by Crippen LogP contribution is -2.32. The number of nitrogen functional groups attached to an aromatic ring is 1. The van der Waals surface area contributed by atoms with Crippen LogP contribution in [0.1, 0.15) is 23.7 Å². The van der Waals surface area contributed by atoms with Crippen LogP contribution in [0.3, 0.4) is 0 Å². The lowest BCUT2D eigenvalue weighted by molar-refractivity contribution is -0.126. The van der Waals surface area contributed by atoms with Crippen molar-refractivity contribution in [2.24, 2.45) is 5.73 Å². The molecule has 6 heteroatoms. The van der Waals surface area contributed by atoms with E-state index in [1.807, 2.05) is 0 Å². The first-order valence-corrected chi connectivity index (χ1v) is 5.01. The molecule has 5 nitrogen and oxygen atoms in total. The first-order valence-electron chi connectivity index (χ1n) is 5.01. The highest BCUT2D eigenvalue weighted by atomic mass is 19.1. The van der Waals surface area contributed by atoms with E-state index in [1.54, 1.807) is 6.92 Å². The standard InChI is InChI=1S/C11H13FN2O3/c1-2-9(10(14)15)17-11(16)6-3-4-8(13)7(12)5-6/h3-5,9H,2,13H2,1H3,(H2,14,15). The van der Waals surface area contributed by atoms with Gasteiger partial charge < -0.3 is 16.2 Å². The molecule has 0 saturated carbocycles. The molecular weight excluding hydrogens is 227 g/mol. The van der Waals surface area contributed by atoms with Crippen LogP contribution in [0.2, 0.25) is 0 Å². The second-order valence-electron chi connectivity index (χ2n) is 3.44. The maximum Gasteiger partial charge on any atom is 0.339 e. The number of amides is 1. The molecule has 0 aliphatic heterocycles. The summed E-state index contributed by atoms with van der Waals surface area (Å²) in [6.45, 7) is 1.65. The van der Waals surface area contributed by atoms with Crippen molar-refractivity contribution < 1.29 is 18.7 Å². The summed E-state index contributed by atoms with van der Waals surface area (Å²) >= 11 is 0. The smallest absolute Gasteiger partial charge is 0.339 e. The van der Waals surface area contributed by atoms with Gasteiger partial charge in [0.2, 0.25) is 0 Å². The number of anilines is 1. The van der Waals surface area contributed by atoms with Gasteiger partial charge in [-0.25, -0.2) is 9.18 Å². The van der Waals surface area contributed by atoms with Crippen LogP contribution in [0.25, 0.3) is 0 Å². The predicted molar refractivity (Wildman–Crippen MR) is 59.5 cm³/mol. The van der Waals surface area contributed by atoms with Gasteiger partial charge in [-0.3, -0.25) is 4.79 Å². The summed E-state index contributed by atoms with van der Waals surface area (Å²) in [6.07, 6.45) is -0.749. The van der Waals surface area contributed by atoms with Gasteiger partial charge in [-0.15, -0.1) is 0 Å². The third kappa shape index (κ3) is 3.17. The van der Waals surface area contributed by atoms with Crippen molar-refractivity contribution in [2.75, 3.05) is 5.73 Å². The number of primary amides is 1. The van der Waals surface area contributed by atoms with Gasteiger partial charge >= 0.3 is 5.97 Å². The van der Waals surface area contributed by atoms with Gasteiger partial charge in [0.15, 0.2) is 6.10 Å². The van der Waals surface area contributed by atoms with E-state index in [-0.39, 0.29) is 17.7 Å². The van der Waals surface area contributed by atoms with Crippen LogP contribution in [0.4, 0.5) is 10.1 Å². The largest absolute Gasteiger partial charge is 0.449 e. The van der Waals surface area contributed by atoms with E-state index in [1.165, 1.54) is 12.1 Å². The number of benzene rings is 1. The third-order valence-corrected chi connectivity index (χ3v) is 2.17. The highest BCUT2D eigenvalue weighted by Gasteiger charge is 2.19. The van der Waals surface area contributed by atoms with E-state index in [2.05, 4.69) is 0 Å². The number of hydrogen-bond donors (Lipinski definition) is 2. The topological polar surface area (TPSA) is 95.4 Å². The number of carbonyl (C=O) groups excluding carboxylic acids is 2. The molecule has 1 aromatic carbocycles. The minimum Gasteiger partial charge on any atom is -0.449 e. The fourth-order valence-electron chi connectivity index (χ4n) is 1.19. The first-order chi connectivity index (χ1) is 7.95. The molecule has 0 heterocycles. The van der Waals surface area contributed by atoms with Crippen LogP contribution in [0, 0.1) is 5.82 Å². The van der Waals surface area contributed by atoms with E-state index >= 15 is 0 Å². The zero-order chi connectivity index (χ0) is 13.0. The van der Waals surface area contributed by atoms with E-state index in [0.29, 0.717) is 0 Å². The summed E-state index contributed by atoms with van der Waals surface area (Å²) in [6, 6.07) is 3.51. The van der Waals surface area contributed by atoms with Crippen molar-refractivity contribution in [3.63, 3.8) is 0 Å². The Labute approximate surface area is 97.5 Å². The molecule has 4 N–H and O–H groups in total. The number of ether oxygens (including phenoxy) is 1. The lowest BCUT2D eigenvalue weighted by Gasteiger charge is -2.12. The molecule has 0 aliphatic rings. The fourth-order valence-corrected chi connectivity index (χ4v) is 1.19. The van der Waals surface area contributed by atoms with Gasteiger partial charge in [0, 0.05) is 0 Å².